The van der Waals surface area contributed by atoms with Gasteiger partial charge in [-0.15, -0.1) is 0 Å². The Labute approximate surface area is 115 Å². The molecule has 0 saturated carbocycles. The molecule has 1 aromatic rings. The fraction of sp³-hybridized carbons (Fsp3) is 0.667. The van der Waals surface area contributed by atoms with Crippen LogP contribution in [0.3, 0.4) is 0 Å². The zero-order valence-electron chi connectivity index (χ0n) is 11.8. The minimum absolute atomic E-state index is 0.545. The third-order valence-corrected chi connectivity index (χ3v) is 4.60. The van der Waals surface area contributed by atoms with Crippen molar-refractivity contribution in [1.82, 2.24) is 9.88 Å². The van der Waals surface area contributed by atoms with Gasteiger partial charge in [-0.2, -0.15) is 0 Å². The normalized spacial score (nSPS) is 28.2. The van der Waals surface area contributed by atoms with Crippen molar-refractivity contribution in [3.63, 3.8) is 0 Å². The van der Waals surface area contributed by atoms with Gasteiger partial charge in [0.15, 0.2) is 0 Å². The number of piperazine rings is 1. The largest absolute Gasteiger partial charge is 0.364 e. The summed E-state index contributed by atoms with van der Waals surface area (Å²) in [6.07, 6.45) is 7.90. The molecule has 19 heavy (non-hydrogen) atoms. The topological polar surface area (TPSA) is 45.4 Å². The second-order valence-electron chi connectivity index (χ2n) is 5.85. The van der Waals surface area contributed by atoms with Crippen molar-refractivity contribution in [3.8, 4) is 0 Å². The fourth-order valence-electron chi connectivity index (χ4n) is 3.53. The molecule has 2 fully saturated rings. The molecule has 2 atom stereocenters. The van der Waals surface area contributed by atoms with Crippen molar-refractivity contribution in [1.29, 1.82) is 0 Å². The number of anilines is 1. The van der Waals surface area contributed by atoms with Crippen LogP contribution in [0.4, 0.5) is 5.69 Å². The maximum Gasteiger partial charge on any atom is 0.0601 e. The van der Waals surface area contributed by atoms with Crippen molar-refractivity contribution >= 4 is 5.69 Å². The molecule has 0 radical (unpaired) electrons. The van der Waals surface area contributed by atoms with Crippen LogP contribution in [0.5, 0.6) is 0 Å². The first-order valence-electron chi connectivity index (χ1n) is 7.43. The molecule has 0 amide bonds. The third kappa shape index (κ3) is 2.47. The summed E-state index contributed by atoms with van der Waals surface area (Å²) in [6.45, 7) is 6.48. The summed E-state index contributed by atoms with van der Waals surface area (Å²) in [4.78, 5) is 9.48. The monoisotopic (exact) mass is 260 g/mol. The summed E-state index contributed by atoms with van der Waals surface area (Å²) in [5, 5.41) is 0. The average molecular weight is 260 g/mol. The number of hydrogen-bond acceptors (Lipinski definition) is 4. The van der Waals surface area contributed by atoms with Gasteiger partial charge in [0.1, 0.15) is 0 Å². The Hall–Kier alpha value is -1.13. The van der Waals surface area contributed by atoms with Gasteiger partial charge < -0.3 is 10.6 Å². The number of hydrogen-bond donors (Lipinski definition) is 1. The van der Waals surface area contributed by atoms with E-state index in [2.05, 4.69) is 27.8 Å². The number of piperidine rings is 1. The Balaban J connectivity index is 1.83. The molecular formula is C15H24N4. The summed E-state index contributed by atoms with van der Waals surface area (Å²) >= 11 is 0. The first kappa shape index (κ1) is 12.9. The molecule has 1 aromatic heterocycles. The number of nitrogens with two attached hydrogens (primary N) is 1. The molecule has 104 valence electrons. The van der Waals surface area contributed by atoms with Gasteiger partial charge in [-0.1, -0.05) is 6.42 Å². The van der Waals surface area contributed by atoms with Crippen LogP contribution in [-0.2, 0) is 6.54 Å². The fourth-order valence-corrected chi connectivity index (χ4v) is 3.53. The number of fused-ring (bicyclic) bond motifs is 1. The number of rotatable bonds is 2. The smallest absolute Gasteiger partial charge is 0.0601 e. The van der Waals surface area contributed by atoms with Crippen LogP contribution < -0.4 is 10.6 Å². The molecular weight excluding hydrogens is 236 g/mol. The van der Waals surface area contributed by atoms with E-state index in [9.17, 15) is 0 Å². The molecule has 4 heteroatoms. The average Bonchev–Trinajstić information content (AvgIpc) is 2.46. The van der Waals surface area contributed by atoms with Crippen LogP contribution in [-0.4, -0.2) is 41.6 Å². The minimum Gasteiger partial charge on any atom is -0.364 e. The lowest BCUT2D eigenvalue weighted by Crippen LogP contribution is -2.59. The first-order chi connectivity index (χ1) is 9.29. The second-order valence-corrected chi connectivity index (χ2v) is 5.85. The summed E-state index contributed by atoms with van der Waals surface area (Å²) in [7, 11) is 0. The van der Waals surface area contributed by atoms with E-state index < -0.39 is 0 Å². The standard InChI is InChI=1S/C15H24N4/c1-12-10-18-7-3-2-4-14(18)11-19(12)15-9-17-6-5-13(15)8-16/h5-6,9,12,14H,2-4,7-8,10-11,16H2,1H3. The molecule has 0 aromatic carbocycles. The number of nitrogens with zero attached hydrogens (tertiary/aromatic N) is 3. The molecule has 3 rings (SSSR count). The van der Waals surface area contributed by atoms with Crippen LogP contribution >= 0.6 is 0 Å². The molecule has 2 N–H and O–H groups in total. The summed E-state index contributed by atoms with van der Waals surface area (Å²) in [6, 6.07) is 3.31. The second kappa shape index (κ2) is 5.47. The lowest BCUT2D eigenvalue weighted by molar-refractivity contribution is 0.115. The number of aromatic nitrogens is 1. The Morgan fingerprint density at radius 3 is 3.11 bits per heavy atom. The molecule has 3 heterocycles. The predicted molar refractivity (Wildman–Crippen MR) is 78.1 cm³/mol. The molecule has 2 aliphatic rings. The van der Waals surface area contributed by atoms with E-state index in [1.807, 2.05) is 12.4 Å². The first-order valence-corrected chi connectivity index (χ1v) is 7.43. The SMILES string of the molecule is CC1CN2CCCCC2CN1c1cnccc1CN. The Morgan fingerprint density at radius 1 is 1.37 bits per heavy atom. The van der Waals surface area contributed by atoms with Gasteiger partial charge in [-0.3, -0.25) is 9.88 Å². The van der Waals surface area contributed by atoms with Crippen molar-refractivity contribution in [3.05, 3.63) is 24.0 Å². The Bertz CT molecular complexity index is 434. The minimum atomic E-state index is 0.545. The quantitative estimate of drug-likeness (QED) is 0.877. The van der Waals surface area contributed by atoms with Crippen LogP contribution in [0, 0.1) is 0 Å². The number of pyridine rings is 1. The van der Waals surface area contributed by atoms with E-state index in [4.69, 9.17) is 5.73 Å². The van der Waals surface area contributed by atoms with Gasteiger partial charge >= 0.3 is 0 Å². The van der Waals surface area contributed by atoms with E-state index in [0.717, 1.165) is 12.6 Å². The van der Waals surface area contributed by atoms with E-state index in [1.54, 1.807) is 0 Å². The molecule has 0 spiro atoms. The molecule has 2 aliphatic heterocycles. The summed E-state index contributed by atoms with van der Waals surface area (Å²) in [5.41, 5.74) is 8.32. The highest BCUT2D eigenvalue weighted by Crippen LogP contribution is 2.29. The van der Waals surface area contributed by atoms with Crippen molar-refractivity contribution in [2.45, 2.75) is 44.8 Å². The molecule has 2 saturated heterocycles. The lowest BCUT2D eigenvalue weighted by atomic mass is 9.96. The van der Waals surface area contributed by atoms with Gasteiger partial charge in [-0.05, 0) is 37.9 Å². The summed E-state index contributed by atoms with van der Waals surface area (Å²) < 4.78 is 0. The van der Waals surface area contributed by atoms with Crippen molar-refractivity contribution < 1.29 is 0 Å². The highest BCUT2D eigenvalue weighted by Gasteiger charge is 2.33. The van der Waals surface area contributed by atoms with E-state index in [1.165, 1.54) is 43.6 Å². The third-order valence-electron chi connectivity index (χ3n) is 4.60. The van der Waals surface area contributed by atoms with Crippen LogP contribution in [0.2, 0.25) is 0 Å². The molecule has 4 nitrogen and oxygen atoms in total. The summed E-state index contributed by atoms with van der Waals surface area (Å²) in [5.74, 6) is 0. The zero-order chi connectivity index (χ0) is 13.2. The molecule has 0 bridgehead atoms. The van der Waals surface area contributed by atoms with Crippen molar-refractivity contribution in [2.75, 3.05) is 24.5 Å². The van der Waals surface area contributed by atoms with Crippen molar-refractivity contribution in [2.24, 2.45) is 5.73 Å². The predicted octanol–water partition coefficient (Wildman–Crippen LogP) is 1.60. The molecule has 2 unspecified atom stereocenters. The maximum atomic E-state index is 5.87. The van der Waals surface area contributed by atoms with Crippen LogP contribution in [0.25, 0.3) is 0 Å². The maximum absolute atomic E-state index is 5.87. The molecule has 0 aliphatic carbocycles. The van der Waals surface area contributed by atoms with E-state index in [-0.39, 0.29) is 0 Å². The van der Waals surface area contributed by atoms with Gasteiger partial charge in [0, 0.05) is 37.9 Å². The van der Waals surface area contributed by atoms with E-state index >= 15 is 0 Å². The highest BCUT2D eigenvalue weighted by atomic mass is 15.3. The van der Waals surface area contributed by atoms with Gasteiger partial charge in [0.05, 0.1) is 11.9 Å². The van der Waals surface area contributed by atoms with Gasteiger partial charge in [-0.25, -0.2) is 0 Å². The Morgan fingerprint density at radius 2 is 2.26 bits per heavy atom. The van der Waals surface area contributed by atoms with Crippen LogP contribution in [0.1, 0.15) is 31.7 Å². The highest BCUT2D eigenvalue weighted by molar-refractivity contribution is 5.53. The zero-order valence-corrected chi connectivity index (χ0v) is 11.8. The lowest BCUT2D eigenvalue weighted by Gasteiger charge is -2.48. The van der Waals surface area contributed by atoms with E-state index in [0.29, 0.717) is 12.6 Å². The Kier molecular flexibility index (Phi) is 3.71. The van der Waals surface area contributed by atoms with Gasteiger partial charge in [0.25, 0.3) is 0 Å². The van der Waals surface area contributed by atoms with Crippen LogP contribution in [0.15, 0.2) is 18.5 Å². The van der Waals surface area contributed by atoms with Gasteiger partial charge in [0.2, 0.25) is 0 Å².